The minimum Gasteiger partial charge on any atom is -0.327 e. The largest absolute Gasteiger partial charge is 0.327 e. The lowest BCUT2D eigenvalue weighted by atomic mass is 9.89. The van der Waals surface area contributed by atoms with Crippen LogP contribution in [-0.2, 0) is 12.8 Å². The molecule has 1 aromatic carbocycles. The highest BCUT2D eigenvalue weighted by Gasteiger charge is 2.16. The molecule has 0 saturated heterocycles. The van der Waals surface area contributed by atoms with Gasteiger partial charge in [0.15, 0.2) is 0 Å². The Hall–Kier alpha value is -0.0500. The lowest BCUT2D eigenvalue weighted by Gasteiger charge is -2.21. The predicted octanol–water partition coefficient (Wildman–Crippen LogP) is 2.92. The van der Waals surface area contributed by atoms with Crippen LogP contribution in [0.4, 0.5) is 0 Å². The van der Waals surface area contributed by atoms with Gasteiger partial charge in [-0.15, -0.1) is 0 Å². The average Bonchev–Trinajstić information content (AvgIpc) is 2.08. The van der Waals surface area contributed by atoms with Gasteiger partial charge in [-0.3, -0.25) is 0 Å². The van der Waals surface area contributed by atoms with E-state index in [4.69, 9.17) is 17.3 Å². The summed E-state index contributed by atoms with van der Waals surface area (Å²) in [5, 5.41) is 0.800. The van der Waals surface area contributed by atoms with E-state index in [-0.39, 0.29) is 0 Å². The van der Waals surface area contributed by atoms with Crippen molar-refractivity contribution in [2.45, 2.75) is 25.3 Å². The lowest BCUT2D eigenvalue weighted by Crippen LogP contribution is -2.27. The number of halogens is 2. The quantitative estimate of drug-likeness (QED) is 0.763. The summed E-state index contributed by atoms with van der Waals surface area (Å²) in [6.07, 6.45) is 3.11. The van der Waals surface area contributed by atoms with Gasteiger partial charge in [-0.25, -0.2) is 0 Å². The van der Waals surface area contributed by atoms with Gasteiger partial charge in [-0.1, -0.05) is 11.6 Å². The first-order valence-electron chi connectivity index (χ1n) is 4.39. The summed E-state index contributed by atoms with van der Waals surface area (Å²) in [7, 11) is 0. The molecule has 0 bridgehead atoms. The molecule has 1 aromatic rings. The molecule has 0 unspecified atom stereocenters. The average molecular weight is 261 g/mol. The normalized spacial score (nSPS) is 21.3. The Balaban J connectivity index is 2.43. The third-order valence-corrected chi connectivity index (χ3v) is 3.71. The van der Waals surface area contributed by atoms with Crippen molar-refractivity contribution in [3.05, 3.63) is 32.8 Å². The molecule has 1 aliphatic rings. The highest BCUT2D eigenvalue weighted by atomic mass is 79.9. The van der Waals surface area contributed by atoms with Crippen molar-refractivity contribution in [2.75, 3.05) is 0 Å². The molecule has 1 atom stereocenters. The summed E-state index contributed by atoms with van der Waals surface area (Å²) in [5.74, 6) is 0. The number of hydrogen-bond donors (Lipinski definition) is 1. The zero-order valence-electron chi connectivity index (χ0n) is 7.19. The van der Waals surface area contributed by atoms with Gasteiger partial charge in [-0.05, 0) is 58.5 Å². The Morgan fingerprint density at radius 1 is 1.38 bits per heavy atom. The van der Waals surface area contributed by atoms with Crippen LogP contribution < -0.4 is 5.73 Å². The third kappa shape index (κ3) is 1.90. The molecular weight excluding hydrogens is 249 g/mol. The molecule has 1 nitrogen and oxygen atoms in total. The van der Waals surface area contributed by atoms with Crippen molar-refractivity contribution in [1.29, 1.82) is 0 Å². The molecule has 0 amide bonds. The summed E-state index contributed by atoms with van der Waals surface area (Å²) in [6, 6.07) is 4.46. The number of benzene rings is 1. The van der Waals surface area contributed by atoms with Gasteiger partial charge in [0.25, 0.3) is 0 Å². The van der Waals surface area contributed by atoms with Gasteiger partial charge in [-0.2, -0.15) is 0 Å². The monoisotopic (exact) mass is 259 g/mol. The van der Waals surface area contributed by atoms with E-state index in [1.54, 1.807) is 0 Å². The van der Waals surface area contributed by atoms with Gasteiger partial charge >= 0.3 is 0 Å². The second kappa shape index (κ2) is 3.60. The predicted molar refractivity (Wildman–Crippen MR) is 59.2 cm³/mol. The van der Waals surface area contributed by atoms with Crippen LogP contribution in [0.2, 0.25) is 5.02 Å². The van der Waals surface area contributed by atoms with Crippen molar-refractivity contribution in [3.8, 4) is 0 Å². The molecule has 13 heavy (non-hydrogen) atoms. The number of hydrogen-bond acceptors (Lipinski definition) is 1. The molecule has 3 heteroatoms. The summed E-state index contributed by atoms with van der Waals surface area (Å²) < 4.78 is 0.974. The van der Waals surface area contributed by atoms with Crippen LogP contribution in [0.1, 0.15) is 17.5 Å². The van der Waals surface area contributed by atoms with E-state index in [0.717, 1.165) is 28.8 Å². The first-order chi connectivity index (χ1) is 6.16. The Morgan fingerprint density at radius 3 is 2.92 bits per heavy atom. The molecule has 1 aliphatic carbocycles. The lowest BCUT2D eigenvalue weighted by molar-refractivity contribution is 0.576. The molecule has 0 aromatic heterocycles. The van der Waals surface area contributed by atoms with Crippen molar-refractivity contribution in [3.63, 3.8) is 0 Å². The highest BCUT2D eigenvalue weighted by molar-refractivity contribution is 9.10. The molecule has 70 valence electrons. The third-order valence-electron chi connectivity index (χ3n) is 2.51. The molecule has 2 rings (SSSR count). The smallest absolute Gasteiger partial charge is 0.0551 e. The van der Waals surface area contributed by atoms with Crippen molar-refractivity contribution in [1.82, 2.24) is 0 Å². The molecule has 0 spiro atoms. The maximum absolute atomic E-state index is 6.00. The summed E-state index contributed by atoms with van der Waals surface area (Å²) >= 11 is 9.43. The number of aryl methyl sites for hydroxylation is 1. The van der Waals surface area contributed by atoms with E-state index in [9.17, 15) is 0 Å². The van der Waals surface area contributed by atoms with Gasteiger partial charge in [0.1, 0.15) is 0 Å². The first-order valence-corrected chi connectivity index (χ1v) is 5.56. The van der Waals surface area contributed by atoms with E-state index in [0.29, 0.717) is 6.04 Å². The van der Waals surface area contributed by atoms with Gasteiger partial charge in [0.2, 0.25) is 0 Å². The van der Waals surface area contributed by atoms with E-state index >= 15 is 0 Å². The second-order valence-electron chi connectivity index (χ2n) is 3.54. The maximum Gasteiger partial charge on any atom is 0.0551 e. The number of rotatable bonds is 0. The van der Waals surface area contributed by atoms with Crippen molar-refractivity contribution >= 4 is 27.5 Å². The van der Waals surface area contributed by atoms with Crippen LogP contribution in [0, 0.1) is 0 Å². The fourth-order valence-corrected chi connectivity index (χ4v) is 2.35. The van der Waals surface area contributed by atoms with Gasteiger partial charge in [0.05, 0.1) is 5.02 Å². The molecule has 2 N–H and O–H groups in total. The molecule has 0 heterocycles. The molecule has 0 radical (unpaired) electrons. The summed E-state index contributed by atoms with van der Waals surface area (Å²) in [5.41, 5.74) is 8.59. The molecule has 0 fully saturated rings. The van der Waals surface area contributed by atoms with Crippen LogP contribution >= 0.6 is 27.5 Å². The van der Waals surface area contributed by atoms with Crippen LogP contribution in [0.3, 0.4) is 0 Å². The standard InChI is InChI=1S/C10H11BrClN/c11-9-4-7-3-8(13)2-1-6(7)5-10(9)12/h4-5,8H,1-3,13H2/t8-/m1/s1. The van der Waals surface area contributed by atoms with E-state index in [1.165, 1.54) is 11.1 Å². The second-order valence-corrected chi connectivity index (χ2v) is 4.80. The van der Waals surface area contributed by atoms with E-state index in [1.807, 2.05) is 6.07 Å². The van der Waals surface area contributed by atoms with Crippen LogP contribution in [0.15, 0.2) is 16.6 Å². The van der Waals surface area contributed by atoms with E-state index in [2.05, 4.69) is 22.0 Å². The SMILES string of the molecule is N[C@@H]1CCc2cc(Cl)c(Br)cc2C1. The Bertz CT molecular complexity index is 338. The summed E-state index contributed by atoms with van der Waals surface area (Å²) in [4.78, 5) is 0. The van der Waals surface area contributed by atoms with Gasteiger partial charge in [0, 0.05) is 10.5 Å². The topological polar surface area (TPSA) is 26.0 Å². The van der Waals surface area contributed by atoms with Crippen LogP contribution in [0.25, 0.3) is 0 Å². The van der Waals surface area contributed by atoms with Crippen LogP contribution in [-0.4, -0.2) is 6.04 Å². The van der Waals surface area contributed by atoms with E-state index < -0.39 is 0 Å². The van der Waals surface area contributed by atoms with Gasteiger partial charge < -0.3 is 5.73 Å². The highest BCUT2D eigenvalue weighted by Crippen LogP contribution is 2.30. The Kier molecular flexibility index (Phi) is 2.63. The minimum atomic E-state index is 0.320. The molecule has 0 aliphatic heterocycles. The summed E-state index contributed by atoms with van der Waals surface area (Å²) in [6.45, 7) is 0. The number of nitrogens with two attached hydrogens (primary N) is 1. The van der Waals surface area contributed by atoms with Crippen molar-refractivity contribution in [2.24, 2.45) is 5.73 Å². The fraction of sp³-hybridized carbons (Fsp3) is 0.400. The molecule has 0 saturated carbocycles. The first kappa shape index (κ1) is 9.50. The zero-order chi connectivity index (χ0) is 9.42. The Morgan fingerprint density at radius 2 is 2.15 bits per heavy atom. The minimum absolute atomic E-state index is 0.320. The fourth-order valence-electron chi connectivity index (χ4n) is 1.78. The molecular formula is C10H11BrClN. The Labute approximate surface area is 91.4 Å². The van der Waals surface area contributed by atoms with Crippen LogP contribution in [0.5, 0.6) is 0 Å². The van der Waals surface area contributed by atoms with Crippen molar-refractivity contribution < 1.29 is 0 Å². The maximum atomic E-state index is 6.00. The zero-order valence-corrected chi connectivity index (χ0v) is 9.53. The number of fused-ring (bicyclic) bond motifs is 1.